The van der Waals surface area contributed by atoms with Crippen LogP contribution in [0, 0.1) is 11.5 Å². The van der Waals surface area contributed by atoms with Crippen molar-refractivity contribution in [3.05, 3.63) is 0 Å². The molecule has 1 unspecified atom stereocenters. The third kappa shape index (κ3) is 9.54. The van der Waals surface area contributed by atoms with Gasteiger partial charge in [-0.1, -0.05) is 66.0 Å². The molecule has 136 valence electrons. The minimum atomic E-state index is -1.64. The van der Waals surface area contributed by atoms with E-state index in [2.05, 4.69) is 59.2 Å². The lowest BCUT2D eigenvalue weighted by Gasteiger charge is -2.33. The van der Waals surface area contributed by atoms with Gasteiger partial charge in [-0.15, -0.1) is 5.54 Å². The Morgan fingerprint density at radius 1 is 0.826 bits per heavy atom. The molecule has 1 atom stereocenters. The molecule has 0 aliphatic heterocycles. The predicted molar refractivity (Wildman–Crippen MR) is 104 cm³/mol. The minimum Gasteiger partial charge on any atom is -0.229 e. The van der Waals surface area contributed by atoms with Crippen LogP contribution < -0.4 is 0 Å². The topological polar surface area (TPSA) is 18.5 Å². The molecular formula is C20H40O2Si. The molecule has 0 saturated carbocycles. The number of hydrogen-bond acceptors (Lipinski definition) is 2. The number of unbranched alkanes of at least 4 members (excludes halogenated alkanes) is 3. The Balaban J connectivity index is 5.12. The fourth-order valence-electron chi connectivity index (χ4n) is 1.71. The first kappa shape index (κ1) is 22.7. The summed E-state index contributed by atoms with van der Waals surface area (Å²) >= 11 is 0. The smallest absolute Gasteiger partial charge is 0.160 e. The molecule has 0 spiro atoms. The zero-order valence-corrected chi connectivity index (χ0v) is 18.4. The van der Waals surface area contributed by atoms with Crippen LogP contribution >= 0.6 is 0 Å². The highest BCUT2D eigenvalue weighted by atomic mass is 28.3. The fourth-order valence-corrected chi connectivity index (χ4v) is 2.66. The quantitative estimate of drug-likeness (QED) is 0.173. The van der Waals surface area contributed by atoms with Gasteiger partial charge in [-0.25, -0.2) is 9.78 Å². The Labute approximate surface area is 146 Å². The molecule has 0 aromatic carbocycles. The molecule has 0 N–H and O–H groups in total. The Morgan fingerprint density at radius 3 is 1.83 bits per heavy atom. The highest BCUT2D eigenvalue weighted by Gasteiger charge is 2.35. The van der Waals surface area contributed by atoms with Gasteiger partial charge in [0.1, 0.15) is 8.07 Å². The maximum atomic E-state index is 5.83. The summed E-state index contributed by atoms with van der Waals surface area (Å²) < 4.78 is 0. The Morgan fingerprint density at radius 2 is 1.39 bits per heavy atom. The molecule has 0 saturated heterocycles. The third-order valence-electron chi connectivity index (χ3n) is 4.50. The normalized spacial score (nSPS) is 15.7. The summed E-state index contributed by atoms with van der Waals surface area (Å²) in [4.78, 5) is 11.4. The highest BCUT2D eigenvalue weighted by Crippen LogP contribution is 2.35. The lowest BCUT2D eigenvalue weighted by molar-refractivity contribution is -0.388. The molecule has 0 radical (unpaired) electrons. The van der Waals surface area contributed by atoms with Gasteiger partial charge in [0, 0.05) is 0 Å². The Bertz CT molecular complexity index is 404. The lowest BCUT2D eigenvalue weighted by Crippen LogP contribution is -2.38. The van der Waals surface area contributed by atoms with E-state index in [0.717, 1.165) is 12.8 Å². The van der Waals surface area contributed by atoms with E-state index in [1.807, 2.05) is 20.8 Å². The van der Waals surface area contributed by atoms with Gasteiger partial charge in [0.2, 0.25) is 0 Å². The molecule has 23 heavy (non-hydrogen) atoms. The van der Waals surface area contributed by atoms with Crippen LogP contribution in [0.1, 0.15) is 87.5 Å². The fraction of sp³-hybridized carbons (Fsp3) is 0.900. The molecule has 0 aliphatic carbocycles. The first-order valence-corrected chi connectivity index (χ1v) is 12.1. The van der Waals surface area contributed by atoms with E-state index in [-0.39, 0.29) is 10.6 Å². The van der Waals surface area contributed by atoms with Gasteiger partial charge in [-0.2, -0.15) is 0 Å². The molecule has 0 heterocycles. The van der Waals surface area contributed by atoms with E-state index < -0.39 is 13.7 Å². The number of hydrogen-bond donors (Lipinski definition) is 0. The maximum absolute atomic E-state index is 5.83. The summed E-state index contributed by atoms with van der Waals surface area (Å²) in [5.74, 6) is 3.46. The Kier molecular flexibility index (Phi) is 8.58. The average molecular weight is 341 g/mol. The van der Waals surface area contributed by atoms with Crippen LogP contribution in [-0.4, -0.2) is 19.3 Å². The van der Waals surface area contributed by atoms with E-state index in [4.69, 9.17) is 9.78 Å². The molecule has 0 amide bonds. The van der Waals surface area contributed by atoms with Crippen molar-refractivity contribution in [2.45, 2.75) is 117 Å². The zero-order chi connectivity index (χ0) is 18.4. The average Bonchev–Trinajstić information content (AvgIpc) is 2.38. The van der Waals surface area contributed by atoms with Crippen LogP contribution in [0.4, 0.5) is 0 Å². The maximum Gasteiger partial charge on any atom is 0.160 e. The summed E-state index contributed by atoms with van der Waals surface area (Å²) in [7, 11) is -1.64. The van der Waals surface area contributed by atoms with Crippen molar-refractivity contribution >= 4 is 8.07 Å². The van der Waals surface area contributed by atoms with E-state index in [9.17, 15) is 0 Å². The van der Waals surface area contributed by atoms with Crippen LogP contribution in [0.5, 0.6) is 0 Å². The van der Waals surface area contributed by atoms with Crippen molar-refractivity contribution in [3.63, 3.8) is 0 Å². The van der Waals surface area contributed by atoms with Gasteiger partial charge in [-0.3, -0.25) is 0 Å². The molecule has 0 aromatic heterocycles. The summed E-state index contributed by atoms with van der Waals surface area (Å²) in [6.45, 7) is 21.9. The lowest BCUT2D eigenvalue weighted by atomic mass is 9.99. The van der Waals surface area contributed by atoms with Crippen molar-refractivity contribution < 1.29 is 9.78 Å². The van der Waals surface area contributed by atoms with Crippen LogP contribution in [0.2, 0.25) is 18.1 Å². The number of rotatable bonds is 7. The third-order valence-corrected chi connectivity index (χ3v) is 9.00. The molecule has 2 nitrogen and oxygen atoms in total. The monoisotopic (exact) mass is 340 g/mol. The summed E-state index contributed by atoms with van der Waals surface area (Å²) in [5, 5.41) is 0.258. The minimum absolute atomic E-state index is 0.258. The van der Waals surface area contributed by atoms with E-state index in [0.29, 0.717) is 0 Å². The summed E-state index contributed by atoms with van der Waals surface area (Å²) in [6.07, 6.45) is 5.79. The van der Waals surface area contributed by atoms with Crippen molar-refractivity contribution in [1.29, 1.82) is 0 Å². The van der Waals surface area contributed by atoms with Crippen LogP contribution in [0.25, 0.3) is 0 Å². The Hall–Kier alpha value is -0.303. The van der Waals surface area contributed by atoms with E-state index in [1.165, 1.54) is 19.3 Å². The van der Waals surface area contributed by atoms with Gasteiger partial charge >= 0.3 is 0 Å². The first-order valence-electron chi connectivity index (χ1n) is 9.14. The van der Waals surface area contributed by atoms with Crippen LogP contribution in [0.15, 0.2) is 0 Å². The van der Waals surface area contributed by atoms with Crippen molar-refractivity contribution in [2.24, 2.45) is 0 Å². The summed E-state index contributed by atoms with van der Waals surface area (Å²) in [6, 6.07) is 0. The molecule has 0 aliphatic rings. The molecular weight excluding hydrogens is 300 g/mol. The largest absolute Gasteiger partial charge is 0.229 e. The molecule has 0 fully saturated rings. The van der Waals surface area contributed by atoms with Crippen LogP contribution in [0.3, 0.4) is 0 Å². The molecule has 3 heteroatoms. The molecule has 0 bridgehead atoms. The van der Waals surface area contributed by atoms with Gasteiger partial charge in [0.05, 0.1) is 5.60 Å². The zero-order valence-electron chi connectivity index (χ0n) is 17.4. The van der Waals surface area contributed by atoms with Crippen molar-refractivity contribution in [3.8, 4) is 11.5 Å². The van der Waals surface area contributed by atoms with Crippen molar-refractivity contribution in [1.82, 2.24) is 0 Å². The van der Waals surface area contributed by atoms with Gasteiger partial charge < -0.3 is 0 Å². The molecule has 0 aromatic rings. The summed E-state index contributed by atoms with van der Waals surface area (Å²) in [5.41, 5.74) is 2.77. The van der Waals surface area contributed by atoms with Gasteiger partial charge in [-0.05, 0) is 45.6 Å². The second-order valence-electron chi connectivity index (χ2n) is 9.45. The SMILES string of the molecule is CCCCCCC(C)(C#C[Si](C)(C)C(C)(C)C)OOC(C)(C)C. The van der Waals surface area contributed by atoms with E-state index >= 15 is 0 Å². The second-order valence-corrected chi connectivity index (χ2v) is 14.4. The van der Waals surface area contributed by atoms with Crippen molar-refractivity contribution in [2.75, 3.05) is 0 Å². The van der Waals surface area contributed by atoms with Gasteiger partial charge in [0.15, 0.2) is 5.60 Å². The highest BCUT2D eigenvalue weighted by molar-refractivity contribution is 6.87. The first-order chi connectivity index (χ1) is 10.2. The van der Waals surface area contributed by atoms with Gasteiger partial charge in [0.25, 0.3) is 0 Å². The van der Waals surface area contributed by atoms with E-state index in [1.54, 1.807) is 0 Å². The predicted octanol–water partition coefficient (Wildman–Crippen LogP) is 6.51. The van der Waals surface area contributed by atoms with Crippen LogP contribution in [-0.2, 0) is 9.78 Å². The standard InChI is InChI=1S/C20H40O2Si/c1-11-12-13-14-15-20(8,22-21-18(2,3)4)16-17-23(9,10)19(5,6)7/h11-15H2,1-10H3. The molecule has 0 rings (SSSR count). The second kappa shape index (κ2) is 8.69.